The van der Waals surface area contributed by atoms with Crippen LogP contribution in [0.4, 0.5) is 0 Å². The van der Waals surface area contributed by atoms with Crippen molar-refractivity contribution in [1.82, 2.24) is 9.55 Å². The molecule has 1 N–H and O–H groups in total. The smallest absolute Gasteiger partial charge is 0.262 e. The molecule has 0 radical (unpaired) electrons. The van der Waals surface area contributed by atoms with E-state index in [1.54, 1.807) is 23.0 Å². The van der Waals surface area contributed by atoms with Gasteiger partial charge in [-0.05, 0) is 55.4 Å². The maximum atomic E-state index is 13.2. The second-order valence-corrected chi connectivity index (χ2v) is 9.21. The predicted octanol–water partition coefficient (Wildman–Crippen LogP) is 3.48. The minimum Gasteiger partial charge on any atom is -0.497 e. The van der Waals surface area contributed by atoms with Crippen molar-refractivity contribution in [2.45, 2.75) is 52.4 Å². The van der Waals surface area contributed by atoms with E-state index >= 15 is 0 Å². The van der Waals surface area contributed by atoms with E-state index in [0.29, 0.717) is 18.3 Å². The second kappa shape index (κ2) is 8.88. The maximum Gasteiger partial charge on any atom is 0.262 e. The number of hydrogen-bond acceptors (Lipinski definition) is 6. The van der Waals surface area contributed by atoms with Crippen LogP contribution in [0.25, 0.3) is 10.2 Å². The van der Waals surface area contributed by atoms with Gasteiger partial charge in [0, 0.05) is 4.88 Å². The molecule has 1 aromatic carbocycles. The third kappa shape index (κ3) is 4.29. The molecule has 0 saturated heterocycles. The van der Waals surface area contributed by atoms with Gasteiger partial charge in [-0.1, -0.05) is 19.1 Å². The van der Waals surface area contributed by atoms with Crippen LogP contribution in [-0.2, 0) is 30.7 Å². The minimum absolute atomic E-state index is 0.0428. The Balaban J connectivity index is 1.45. The highest BCUT2D eigenvalue weighted by atomic mass is 32.1. The molecule has 30 heavy (non-hydrogen) atoms. The van der Waals surface area contributed by atoms with Crippen molar-refractivity contribution in [3.8, 4) is 5.75 Å². The fraction of sp³-hybridized carbons (Fsp3) is 0.478. The van der Waals surface area contributed by atoms with Crippen molar-refractivity contribution in [2.24, 2.45) is 5.92 Å². The number of rotatable bonds is 7. The van der Waals surface area contributed by atoms with Crippen LogP contribution in [0.15, 0.2) is 29.1 Å². The van der Waals surface area contributed by atoms with Gasteiger partial charge in [-0.2, -0.15) is 0 Å². The van der Waals surface area contributed by atoms with E-state index in [2.05, 4.69) is 11.9 Å². The number of nitrogens with zero attached hydrogens (tertiary/aromatic N) is 2. The molecule has 2 heterocycles. The van der Waals surface area contributed by atoms with Crippen LogP contribution in [0, 0.1) is 12.8 Å². The van der Waals surface area contributed by atoms with E-state index in [4.69, 9.17) is 9.47 Å². The molecular weight excluding hydrogens is 400 g/mol. The Morgan fingerprint density at radius 3 is 2.83 bits per heavy atom. The van der Waals surface area contributed by atoms with Crippen molar-refractivity contribution < 1.29 is 14.6 Å². The lowest BCUT2D eigenvalue weighted by Crippen LogP contribution is -2.31. The minimum atomic E-state index is -0.784. The molecule has 1 aliphatic carbocycles. The highest BCUT2D eigenvalue weighted by Crippen LogP contribution is 2.35. The molecule has 160 valence electrons. The normalized spacial score (nSPS) is 17.1. The van der Waals surface area contributed by atoms with Crippen molar-refractivity contribution in [2.75, 3.05) is 13.7 Å². The first kappa shape index (κ1) is 21.0. The fourth-order valence-electron chi connectivity index (χ4n) is 4.04. The van der Waals surface area contributed by atoms with Crippen molar-refractivity contribution in [3.63, 3.8) is 0 Å². The van der Waals surface area contributed by atoms with Gasteiger partial charge < -0.3 is 14.6 Å². The molecular formula is C23H28N2O4S. The highest BCUT2D eigenvalue weighted by Gasteiger charge is 2.24. The molecule has 1 aliphatic rings. The second-order valence-electron chi connectivity index (χ2n) is 8.12. The average Bonchev–Trinajstić information content (AvgIpc) is 3.08. The van der Waals surface area contributed by atoms with Crippen molar-refractivity contribution in [3.05, 3.63) is 56.4 Å². The zero-order chi connectivity index (χ0) is 21.3. The molecule has 7 heteroatoms. The van der Waals surface area contributed by atoms with Crippen LogP contribution in [0.5, 0.6) is 5.75 Å². The van der Waals surface area contributed by atoms with Gasteiger partial charge in [-0.3, -0.25) is 9.36 Å². The number of benzene rings is 1. The van der Waals surface area contributed by atoms with Crippen molar-refractivity contribution >= 4 is 21.6 Å². The summed E-state index contributed by atoms with van der Waals surface area (Å²) in [7, 11) is 1.63. The Labute approximate surface area is 180 Å². The molecule has 0 amide bonds. The van der Waals surface area contributed by atoms with E-state index in [0.717, 1.165) is 40.8 Å². The number of methoxy groups -OCH3 is 1. The summed E-state index contributed by atoms with van der Waals surface area (Å²) in [5.41, 5.74) is 2.13. The molecule has 2 aromatic heterocycles. The Kier molecular flexibility index (Phi) is 6.22. The lowest BCUT2D eigenvalue weighted by molar-refractivity contribution is 0.0195. The van der Waals surface area contributed by atoms with E-state index in [9.17, 15) is 9.90 Å². The average molecular weight is 429 g/mol. The van der Waals surface area contributed by atoms with Crippen LogP contribution >= 0.6 is 11.3 Å². The predicted molar refractivity (Wildman–Crippen MR) is 118 cm³/mol. The molecule has 3 aromatic rings. The Morgan fingerprint density at radius 1 is 1.33 bits per heavy atom. The Bertz CT molecular complexity index is 1090. The van der Waals surface area contributed by atoms with Gasteiger partial charge in [-0.15, -0.1) is 11.3 Å². The number of aromatic nitrogens is 2. The van der Waals surface area contributed by atoms with Gasteiger partial charge in [0.15, 0.2) is 0 Å². The number of aliphatic hydroxyl groups excluding tert-OH is 1. The first-order valence-corrected chi connectivity index (χ1v) is 11.2. The molecule has 4 rings (SSSR count). The number of thiophene rings is 1. The van der Waals surface area contributed by atoms with E-state index < -0.39 is 6.10 Å². The van der Waals surface area contributed by atoms with Crippen LogP contribution in [0.1, 0.15) is 35.2 Å². The lowest BCUT2D eigenvalue weighted by Gasteiger charge is -2.18. The van der Waals surface area contributed by atoms with E-state index in [1.165, 1.54) is 10.4 Å². The molecule has 2 atom stereocenters. The summed E-state index contributed by atoms with van der Waals surface area (Å²) in [5, 5.41) is 11.2. The van der Waals surface area contributed by atoms with Gasteiger partial charge in [-0.25, -0.2) is 4.98 Å². The SMILES string of the molecule is COc1ccc(COC[C@H](O)Cn2c(C)nc3sc4c(c3c2=O)CC[C@@H](C)C4)cc1. The van der Waals surface area contributed by atoms with Gasteiger partial charge in [0.1, 0.15) is 16.4 Å². The van der Waals surface area contributed by atoms with Gasteiger partial charge >= 0.3 is 0 Å². The van der Waals surface area contributed by atoms with E-state index in [1.807, 2.05) is 31.2 Å². The summed E-state index contributed by atoms with van der Waals surface area (Å²) in [6.07, 6.45) is 2.28. The molecule has 0 aliphatic heterocycles. The zero-order valence-electron chi connectivity index (χ0n) is 17.7. The fourth-order valence-corrected chi connectivity index (χ4v) is 5.46. The molecule has 6 nitrogen and oxygen atoms in total. The van der Waals surface area contributed by atoms with Gasteiger partial charge in [0.05, 0.1) is 38.4 Å². The van der Waals surface area contributed by atoms with E-state index in [-0.39, 0.29) is 18.7 Å². The summed E-state index contributed by atoms with van der Waals surface area (Å²) in [5.74, 6) is 2.08. The topological polar surface area (TPSA) is 73.6 Å². The number of aryl methyl sites for hydroxylation is 2. The first-order chi connectivity index (χ1) is 14.5. The molecule has 0 saturated carbocycles. The third-order valence-electron chi connectivity index (χ3n) is 5.74. The summed E-state index contributed by atoms with van der Waals surface area (Å²) in [4.78, 5) is 20.0. The third-order valence-corrected chi connectivity index (χ3v) is 6.89. The lowest BCUT2D eigenvalue weighted by atomic mass is 9.89. The Morgan fingerprint density at radius 2 is 2.10 bits per heavy atom. The monoisotopic (exact) mass is 428 g/mol. The number of aliphatic hydroxyl groups is 1. The molecule has 0 spiro atoms. The van der Waals surface area contributed by atoms with Crippen LogP contribution in [0.3, 0.4) is 0 Å². The quantitative estimate of drug-likeness (QED) is 0.624. The largest absolute Gasteiger partial charge is 0.497 e. The summed E-state index contributed by atoms with van der Waals surface area (Å²) >= 11 is 1.65. The molecule has 0 bridgehead atoms. The first-order valence-electron chi connectivity index (χ1n) is 10.4. The molecule has 0 fully saturated rings. The van der Waals surface area contributed by atoms with Gasteiger partial charge in [0.2, 0.25) is 0 Å². The molecule has 0 unspecified atom stereocenters. The summed E-state index contributed by atoms with van der Waals surface area (Å²) < 4.78 is 12.4. The summed E-state index contributed by atoms with van der Waals surface area (Å²) in [6, 6.07) is 7.61. The number of hydrogen-bond donors (Lipinski definition) is 1. The van der Waals surface area contributed by atoms with Crippen LogP contribution < -0.4 is 10.3 Å². The highest BCUT2D eigenvalue weighted by molar-refractivity contribution is 7.18. The standard InChI is InChI=1S/C23H28N2O4S/c1-14-4-9-19-20(10-14)30-22-21(19)23(27)25(15(2)24-22)11-17(26)13-29-12-16-5-7-18(28-3)8-6-16/h5-8,14,17,26H,4,9-13H2,1-3H3/t14-,17-/m1/s1. The zero-order valence-corrected chi connectivity index (χ0v) is 18.5. The van der Waals surface area contributed by atoms with Crippen LogP contribution in [-0.4, -0.2) is 34.5 Å². The number of fused-ring (bicyclic) bond motifs is 3. The van der Waals surface area contributed by atoms with Crippen molar-refractivity contribution in [1.29, 1.82) is 0 Å². The van der Waals surface area contributed by atoms with Crippen LogP contribution in [0.2, 0.25) is 0 Å². The Hall–Kier alpha value is -2.22. The summed E-state index contributed by atoms with van der Waals surface area (Å²) in [6.45, 7) is 4.80. The number of ether oxygens (including phenoxy) is 2. The maximum absolute atomic E-state index is 13.2. The van der Waals surface area contributed by atoms with Gasteiger partial charge in [0.25, 0.3) is 5.56 Å².